The minimum Gasteiger partial charge on any atom is -0.449 e. The minimum absolute atomic E-state index is 0.0738. The summed E-state index contributed by atoms with van der Waals surface area (Å²) in [5, 5.41) is 8.50. The third kappa shape index (κ3) is 2.82. The third-order valence-corrected chi connectivity index (χ3v) is 4.52. The molecule has 2 aromatic heterocycles. The first-order chi connectivity index (χ1) is 12.1. The van der Waals surface area contributed by atoms with E-state index in [0.29, 0.717) is 30.5 Å². The Morgan fingerprint density at radius 3 is 2.76 bits per heavy atom. The number of amides is 1. The fourth-order valence-electron chi connectivity index (χ4n) is 3.20. The van der Waals surface area contributed by atoms with E-state index in [9.17, 15) is 4.79 Å². The van der Waals surface area contributed by atoms with Gasteiger partial charge in [-0.2, -0.15) is 0 Å². The number of nitrogens with zero attached hydrogens (tertiary/aromatic N) is 5. The van der Waals surface area contributed by atoms with Crippen LogP contribution in [0.2, 0.25) is 0 Å². The summed E-state index contributed by atoms with van der Waals surface area (Å²) < 4.78 is 7.12. The van der Waals surface area contributed by atoms with Gasteiger partial charge in [0.05, 0.1) is 6.54 Å². The molecule has 4 rings (SSSR count). The van der Waals surface area contributed by atoms with Crippen molar-refractivity contribution in [1.29, 1.82) is 0 Å². The molecule has 0 unspecified atom stereocenters. The molecular weight excluding hydrogens is 318 g/mol. The predicted octanol–water partition coefficient (Wildman–Crippen LogP) is 2.39. The van der Waals surface area contributed by atoms with Crippen molar-refractivity contribution < 1.29 is 9.21 Å². The number of carbonyl (C=O) groups is 1. The zero-order valence-electron chi connectivity index (χ0n) is 14.2. The molecule has 1 aromatic carbocycles. The van der Waals surface area contributed by atoms with Gasteiger partial charge >= 0.3 is 0 Å². The molecule has 1 aliphatic rings. The molecule has 0 N–H and O–H groups in total. The fourth-order valence-corrected chi connectivity index (χ4v) is 3.20. The molecule has 0 radical (unpaired) electrons. The third-order valence-electron chi connectivity index (χ3n) is 4.52. The molecule has 0 saturated carbocycles. The van der Waals surface area contributed by atoms with E-state index < -0.39 is 0 Å². The molecule has 3 aromatic rings. The molecule has 0 aliphatic carbocycles. The number of aryl methyl sites for hydroxylation is 1. The van der Waals surface area contributed by atoms with Gasteiger partial charge in [0, 0.05) is 13.5 Å². The van der Waals surface area contributed by atoms with Gasteiger partial charge in [0.15, 0.2) is 17.5 Å². The average molecular weight is 337 g/mol. The van der Waals surface area contributed by atoms with Crippen LogP contribution in [0, 0.1) is 6.92 Å². The maximum atomic E-state index is 12.8. The normalized spacial score (nSPS) is 17.0. The monoisotopic (exact) mass is 337 g/mol. The van der Waals surface area contributed by atoms with Gasteiger partial charge in [-0.15, -0.1) is 10.2 Å². The van der Waals surface area contributed by atoms with Crippen molar-refractivity contribution in [2.45, 2.75) is 32.9 Å². The van der Waals surface area contributed by atoms with Crippen LogP contribution < -0.4 is 0 Å². The Bertz CT molecular complexity index is 899. The van der Waals surface area contributed by atoms with Crippen molar-refractivity contribution in [3.63, 3.8) is 0 Å². The highest BCUT2D eigenvalue weighted by Crippen LogP contribution is 2.28. The lowest BCUT2D eigenvalue weighted by molar-refractivity contribution is -0.136. The van der Waals surface area contributed by atoms with Gasteiger partial charge in [-0.25, -0.2) is 4.98 Å². The quantitative estimate of drug-likeness (QED) is 0.730. The van der Waals surface area contributed by atoms with Crippen molar-refractivity contribution >= 4 is 5.91 Å². The molecule has 1 amide bonds. The van der Waals surface area contributed by atoms with E-state index in [4.69, 9.17) is 4.42 Å². The Balaban J connectivity index is 1.57. The summed E-state index contributed by atoms with van der Waals surface area (Å²) in [6, 6.07) is 9.81. The van der Waals surface area contributed by atoms with Crippen LogP contribution in [0.1, 0.15) is 30.2 Å². The van der Waals surface area contributed by atoms with E-state index in [1.165, 1.54) is 5.56 Å². The molecule has 1 aliphatic heterocycles. The van der Waals surface area contributed by atoms with E-state index in [2.05, 4.69) is 27.3 Å². The lowest BCUT2D eigenvalue weighted by Gasteiger charge is -2.32. The second-order valence-corrected chi connectivity index (χ2v) is 6.23. The van der Waals surface area contributed by atoms with E-state index in [1.54, 1.807) is 13.2 Å². The fraction of sp³-hybridized carbons (Fsp3) is 0.333. The first-order valence-electron chi connectivity index (χ1n) is 8.32. The van der Waals surface area contributed by atoms with Crippen LogP contribution in [0.4, 0.5) is 0 Å². The summed E-state index contributed by atoms with van der Waals surface area (Å²) in [6.45, 7) is 4.77. The Morgan fingerprint density at radius 1 is 1.24 bits per heavy atom. The zero-order chi connectivity index (χ0) is 17.4. The standard InChI is InChI=1S/C18H19N5O2/c1-12-18(24)22(9-8-14-6-4-3-5-7-14)10-16-20-21-17(23(12)16)15-11-25-13(2)19-15/h3-7,11-12H,8-10H2,1-2H3/t12-/m0/s1. The summed E-state index contributed by atoms with van der Waals surface area (Å²) >= 11 is 0. The second-order valence-electron chi connectivity index (χ2n) is 6.23. The molecule has 3 heterocycles. The number of oxazole rings is 1. The highest BCUT2D eigenvalue weighted by molar-refractivity contribution is 5.81. The Labute approximate surface area is 145 Å². The molecular formula is C18H19N5O2. The predicted molar refractivity (Wildman–Crippen MR) is 90.5 cm³/mol. The average Bonchev–Trinajstić information content (AvgIpc) is 3.23. The highest BCUT2D eigenvalue weighted by atomic mass is 16.3. The Kier molecular flexibility index (Phi) is 3.83. The number of rotatable bonds is 4. The van der Waals surface area contributed by atoms with E-state index >= 15 is 0 Å². The first kappa shape index (κ1) is 15.6. The summed E-state index contributed by atoms with van der Waals surface area (Å²) in [5.74, 6) is 1.99. The van der Waals surface area contributed by atoms with E-state index in [0.717, 1.165) is 12.2 Å². The zero-order valence-corrected chi connectivity index (χ0v) is 14.2. The van der Waals surface area contributed by atoms with Crippen molar-refractivity contribution in [3.8, 4) is 11.5 Å². The lowest BCUT2D eigenvalue weighted by Crippen LogP contribution is -2.42. The van der Waals surface area contributed by atoms with Gasteiger partial charge < -0.3 is 9.32 Å². The lowest BCUT2D eigenvalue weighted by atomic mass is 10.1. The van der Waals surface area contributed by atoms with E-state index in [-0.39, 0.29) is 11.9 Å². The van der Waals surface area contributed by atoms with Gasteiger partial charge in [-0.1, -0.05) is 30.3 Å². The van der Waals surface area contributed by atoms with E-state index in [1.807, 2.05) is 34.6 Å². The van der Waals surface area contributed by atoms with Crippen LogP contribution in [-0.2, 0) is 17.8 Å². The largest absolute Gasteiger partial charge is 0.449 e. The van der Waals surface area contributed by atoms with Gasteiger partial charge in [0.1, 0.15) is 18.0 Å². The summed E-state index contributed by atoms with van der Waals surface area (Å²) in [7, 11) is 0. The molecule has 25 heavy (non-hydrogen) atoms. The highest BCUT2D eigenvalue weighted by Gasteiger charge is 2.33. The second kappa shape index (κ2) is 6.16. The molecule has 0 fully saturated rings. The smallest absolute Gasteiger partial charge is 0.245 e. The van der Waals surface area contributed by atoms with Crippen molar-refractivity contribution in [3.05, 3.63) is 53.9 Å². The maximum Gasteiger partial charge on any atom is 0.245 e. The van der Waals surface area contributed by atoms with Crippen LogP contribution in [0.15, 0.2) is 41.0 Å². The number of benzene rings is 1. The van der Waals surface area contributed by atoms with Crippen molar-refractivity contribution in [2.75, 3.05) is 6.54 Å². The molecule has 128 valence electrons. The van der Waals surface area contributed by atoms with Crippen LogP contribution in [-0.4, -0.2) is 37.1 Å². The van der Waals surface area contributed by atoms with Crippen LogP contribution in [0.5, 0.6) is 0 Å². The number of aromatic nitrogens is 4. The van der Waals surface area contributed by atoms with Gasteiger partial charge in [-0.3, -0.25) is 9.36 Å². The molecule has 0 bridgehead atoms. The number of fused-ring (bicyclic) bond motifs is 1. The molecule has 7 nitrogen and oxygen atoms in total. The van der Waals surface area contributed by atoms with Crippen LogP contribution >= 0.6 is 0 Å². The number of hydrogen-bond donors (Lipinski definition) is 0. The SMILES string of the molecule is Cc1nc(-c2nnc3n2[C@@H](C)C(=O)N(CCc2ccccc2)C3)co1. The Morgan fingerprint density at radius 2 is 2.04 bits per heavy atom. The van der Waals surface area contributed by atoms with Gasteiger partial charge in [0.2, 0.25) is 5.91 Å². The van der Waals surface area contributed by atoms with Gasteiger partial charge in [0.25, 0.3) is 0 Å². The maximum absolute atomic E-state index is 12.8. The number of hydrogen-bond acceptors (Lipinski definition) is 5. The minimum atomic E-state index is -0.360. The topological polar surface area (TPSA) is 77.1 Å². The summed E-state index contributed by atoms with van der Waals surface area (Å²) in [4.78, 5) is 18.9. The van der Waals surface area contributed by atoms with Crippen LogP contribution in [0.3, 0.4) is 0 Å². The number of carbonyl (C=O) groups excluding carboxylic acids is 1. The van der Waals surface area contributed by atoms with Crippen LogP contribution in [0.25, 0.3) is 11.5 Å². The molecule has 0 spiro atoms. The molecule has 7 heteroatoms. The van der Waals surface area contributed by atoms with Gasteiger partial charge in [-0.05, 0) is 18.9 Å². The summed E-state index contributed by atoms with van der Waals surface area (Å²) in [6.07, 6.45) is 2.37. The Hall–Kier alpha value is -2.96. The van der Waals surface area contributed by atoms with Crippen molar-refractivity contribution in [1.82, 2.24) is 24.6 Å². The molecule has 1 atom stereocenters. The van der Waals surface area contributed by atoms with Crippen molar-refractivity contribution in [2.24, 2.45) is 0 Å². The molecule has 0 saturated heterocycles. The first-order valence-corrected chi connectivity index (χ1v) is 8.32. The summed E-state index contributed by atoms with van der Waals surface area (Å²) in [5.41, 5.74) is 1.82.